The van der Waals surface area contributed by atoms with E-state index in [0.717, 1.165) is 18.2 Å². The van der Waals surface area contributed by atoms with E-state index in [1.165, 1.54) is 6.20 Å². The van der Waals surface area contributed by atoms with Crippen molar-refractivity contribution in [3.8, 4) is 0 Å². The number of rotatable bonds is 5. The molecule has 0 radical (unpaired) electrons. The lowest BCUT2D eigenvalue weighted by Crippen LogP contribution is -2.33. The first kappa shape index (κ1) is 14.3. The summed E-state index contributed by atoms with van der Waals surface area (Å²) in [5.41, 5.74) is 1.29. The summed E-state index contributed by atoms with van der Waals surface area (Å²) in [5, 5.41) is 17.7. The summed E-state index contributed by atoms with van der Waals surface area (Å²) in [5.74, 6) is -0.986. The Balaban J connectivity index is 2.64. The molecule has 0 aromatic carbocycles. The highest BCUT2D eigenvalue weighted by Gasteiger charge is 2.24. The molecule has 108 valence electrons. The lowest BCUT2D eigenvalue weighted by atomic mass is 9.94. The Morgan fingerprint density at radius 2 is 2.05 bits per heavy atom. The maximum Gasteiger partial charge on any atom is 0.339 e. The van der Waals surface area contributed by atoms with Crippen molar-refractivity contribution in [1.29, 1.82) is 0 Å². The van der Waals surface area contributed by atoms with Crippen molar-refractivity contribution in [3.63, 3.8) is 0 Å². The third-order valence-electron chi connectivity index (χ3n) is 3.98. The van der Waals surface area contributed by atoms with Gasteiger partial charge in [-0.25, -0.2) is 9.78 Å². The molecule has 2 aromatic heterocycles. The van der Waals surface area contributed by atoms with Gasteiger partial charge in [0.2, 0.25) is 0 Å². The third-order valence-corrected chi connectivity index (χ3v) is 3.98. The molecule has 6 nitrogen and oxygen atoms in total. The summed E-state index contributed by atoms with van der Waals surface area (Å²) < 4.78 is 1.64. The van der Waals surface area contributed by atoms with Crippen LogP contribution in [0.5, 0.6) is 0 Å². The Morgan fingerprint density at radius 3 is 2.60 bits per heavy atom. The maximum absolute atomic E-state index is 11.4. The van der Waals surface area contributed by atoms with Crippen molar-refractivity contribution < 1.29 is 9.90 Å². The molecular formula is C14H20N4O2. The highest BCUT2D eigenvalue weighted by atomic mass is 16.4. The average molecular weight is 276 g/mol. The first-order valence-corrected chi connectivity index (χ1v) is 6.74. The number of aryl methyl sites for hydroxylation is 1. The molecular weight excluding hydrogens is 256 g/mol. The number of fused-ring (bicyclic) bond motifs is 1. The van der Waals surface area contributed by atoms with Crippen LogP contribution in [0.25, 0.3) is 11.0 Å². The van der Waals surface area contributed by atoms with Gasteiger partial charge in [-0.05, 0) is 19.8 Å². The standard InChI is InChI=1S/C14H20N4O2/c1-5-14(3,6-2)17-11-9-8-16-18(4)12(9)15-7-10(11)13(19)20/h7-8H,5-6H2,1-4H3,(H,15,17)(H,19,20). The van der Waals surface area contributed by atoms with Crippen LogP contribution >= 0.6 is 0 Å². The summed E-state index contributed by atoms with van der Waals surface area (Å²) >= 11 is 0. The van der Waals surface area contributed by atoms with Gasteiger partial charge in [-0.15, -0.1) is 0 Å². The van der Waals surface area contributed by atoms with Crippen LogP contribution in [0.4, 0.5) is 5.69 Å². The van der Waals surface area contributed by atoms with Crippen molar-refractivity contribution in [2.45, 2.75) is 39.2 Å². The number of carboxylic acid groups (broad SMARTS) is 1. The largest absolute Gasteiger partial charge is 0.478 e. The molecule has 2 rings (SSSR count). The van der Waals surface area contributed by atoms with Crippen LogP contribution in [0.15, 0.2) is 12.4 Å². The number of carbonyl (C=O) groups is 1. The van der Waals surface area contributed by atoms with E-state index < -0.39 is 5.97 Å². The van der Waals surface area contributed by atoms with Gasteiger partial charge in [-0.2, -0.15) is 5.10 Å². The van der Waals surface area contributed by atoms with Gasteiger partial charge in [-0.3, -0.25) is 4.68 Å². The normalized spacial score (nSPS) is 11.8. The van der Waals surface area contributed by atoms with Crippen molar-refractivity contribution >= 4 is 22.7 Å². The molecule has 0 aliphatic heterocycles. The molecule has 0 atom stereocenters. The molecule has 0 aliphatic carbocycles. The minimum Gasteiger partial charge on any atom is -0.478 e. The first-order chi connectivity index (χ1) is 9.41. The van der Waals surface area contributed by atoms with Crippen LogP contribution in [0.2, 0.25) is 0 Å². The fourth-order valence-electron chi connectivity index (χ4n) is 2.12. The third kappa shape index (κ3) is 2.33. The topological polar surface area (TPSA) is 80.0 Å². The van der Waals surface area contributed by atoms with Crippen molar-refractivity contribution in [1.82, 2.24) is 14.8 Å². The minimum absolute atomic E-state index is 0.158. The number of hydrogen-bond acceptors (Lipinski definition) is 4. The number of aromatic carboxylic acids is 1. The summed E-state index contributed by atoms with van der Waals surface area (Å²) in [6.07, 6.45) is 4.84. The van der Waals surface area contributed by atoms with E-state index in [1.54, 1.807) is 17.9 Å². The molecule has 0 saturated carbocycles. The molecule has 0 amide bonds. The predicted octanol–water partition coefficient (Wildman–Crippen LogP) is 2.66. The Morgan fingerprint density at radius 1 is 1.40 bits per heavy atom. The van der Waals surface area contributed by atoms with E-state index in [9.17, 15) is 9.90 Å². The molecule has 2 heterocycles. The second-order valence-electron chi connectivity index (χ2n) is 5.25. The SMILES string of the molecule is CCC(C)(CC)Nc1c(C(=O)O)cnc2c1cnn2C. The van der Waals surface area contributed by atoms with Crippen molar-refractivity contribution in [3.05, 3.63) is 18.0 Å². The lowest BCUT2D eigenvalue weighted by Gasteiger charge is -2.30. The second-order valence-corrected chi connectivity index (χ2v) is 5.25. The molecule has 0 fully saturated rings. The zero-order valence-electron chi connectivity index (χ0n) is 12.3. The Hall–Kier alpha value is -2.11. The predicted molar refractivity (Wildman–Crippen MR) is 78.1 cm³/mol. The molecule has 0 unspecified atom stereocenters. The van der Waals surface area contributed by atoms with Crippen LogP contribution in [-0.2, 0) is 7.05 Å². The van der Waals surface area contributed by atoms with Gasteiger partial charge >= 0.3 is 5.97 Å². The van der Waals surface area contributed by atoms with E-state index in [4.69, 9.17) is 0 Å². The van der Waals surface area contributed by atoms with Crippen molar-refractivity contribution in [2.24, 2.45) is 7.05 Å². The molecule has 2 aromatic rings. The molecule has 0 aliphatic rings. The number of carboxylic acids is 1. The molecule has 6 heteroatoms. The molecule has 0 saturated heterocycles. The van der Waals surface area contributed by atoms with E-state index in [1.807, 2.05) is 0 Å². The van der Waals surface area contributed by atoms with Crippen LogP contribution in [0, 0.1) is 0 Å². The van der Waals surface area contributed by atoms with E-state index in [2.05, 4.69) is 36.2 Å². The molecule has 2 N–H and O–H groups in total. The highest BCUT2D eigenvalue weighted by Crippen LogP contribution is 2.30. The zero-order valence-corrected chi connectivity index (χ0v) is 12.3. The minimum atomic E-state index is -0.986. The van der Waals surface area contributed by atoms with Crippen LogP contribution in [-0.4, -0.2) is 31.4 Å². The fraction of sp³-hybridized carbons (Fsp3) is 0.500. The second kappa shape index (κ2) is 5.11. The maximum atomic E-state index is 11.4. The Labute approximate surface area is 117 Å². The molecule has 0 bridgehead atoms. The van der Waals surface area contributed by atoms with E-state index >= 15 is 0 Å². The van der Waals surface area contributed by atoms with Gasteiger partial charge in [0.1, 0.15) is 5.56 Å². The van der Waals surface area contributed by atoms with Crippen LogP contribution < -0.4 is 5.32 Å². The smallest absolute Gasteiger partial charge is 0.339 e. The number of nitrogens with one attached hydrogen (secondary N) is 1. The Bertz CT molecular complexity index is 644. The Kier molecular flexibility index (Phi) is 3.65. The van der Waals surface area contributed by atoms with Gasteiger partial charge in [0.15, 0.2) is 5.65 Å². The van der Waals surface area contributed by atoms with Gasteiger partial charge < -0.3 is 10.4 Å². The number of nitrogens with zero attached hydrogens (tertiary/aromatic N) is 3. The van der Waals surface area contributed by atoms with Gasteiger partial charge in [-0.1, -0.05) is 13.8 Å². The summed E-state index contributed by atoms with van der Waals surface area (Å²) in [6.45, 7) is 6.25. The highest BCUT2D eigenvalue weighted by molar-refractivity contribution is 6.03. The lowest BCUT2D eigenvalue weighted by molar-refractivity contribution is 0.0697. The average Bonchev–Trinajstić information content (AvgIpc) is 2.81. The van der Waals surface area contributed by atoms with Gasteiger partial charge in [0.05, 0.1) is 17.3 Å². The number of pyridine rings is 1. The number of hydrogen-bond donors (Lipinski definition) is 2. The number of aromatic nitrogens is 3. The van der Waals surface area contributed by atoms with Gasteiger partial charge in [0, 0.05) is 18.8 Å². The molecule has 0 spiro atoms. The quantitative estimate of drug-likeness (QED) is 0.877. The summed E-state index contributed by atoms with van der Waals surface area (Å²) in [6, 6.07) is 0. The monoisotopic (exact) mass is 276 g/mol. The zero-order chi connectivity index (χ0) is 14.9. The molecule has 20 heavy (non-hydrogen) atoms. The van der Waals surface area contributed by atoms with Gasteiger partial charge in [0.25, 0.3) is 0 Å². The van der Waals surface area contributed by atoms with Crippen molar-refractivity contribution in [2.75, 3.05) is 5.32 Å². The number of anilines is 1. The van der Waals surface area contributed by atoms with E-state index in [-0.39, 0.29) is 11.1 Å². The summed E-state index contributed by atoms with van der Waals surface area (Å²) in [4.78, 5) is 15.6. The van der Waals surface area contributed by atoms with E-state index in [0.29, 0.717) is 11.3 Å². The fourth-order valence-corrected chi connectivity index (χ4v) is 2.12. The summed E-state index contributed by atoms with van der Waals surface area (Å²) in [7, 11) is 1.79. The van der Waals surface area contributed by atoms with Crippen LogP contribution in [0.3, 0.4) is 0 Å². The van der Waals surface area contributed by atoms with Crippen LogP contribution in [0.1, 0.15) is 44.0 Å². The first-order valence-electron chi connectivity index (χ1n) is 6.74.